The summed E-state index contributed by atoms with van der Waals surface area (Å²) in [6.07, 6.45) is 5.35. The predicted molar refractivity (Wildman–Crippen MR) is 72.6 cm³/mol. The monoisotopic (exact) mass is 261 g/mol. The first-order valence-corrected chi connectivity index (χ1v) is 6.92. The lowest BCUT2D eigenvalue weighted by Crippen LogP contribution is -2.35. The van der Waals surface area contributed by atoms with Crippen LogP contribution >= 0.6 is 0 Å². The first kappa shape index (κ1) is 12.4. The molecule has 3 heterocycles. The van der Waals surface area contributed by atoms with E-state index in [9.17, 15) is 4.79 Å². The maximum absolute atomic E-state index is 11.0. The van der Waals surface area contributed by atoms with E-state index in [1.165, 1.54) is 25.9 Å². The molecule has 2 fully saturated rings. The molecule has 3 rings (SSSR count). The zero-order valence-corrected chi connectivity index (χ0v) is 11.0. The van der Waals surface area contributed by atoms with E-state index < -0.39 is 5.97 Å². The number of hydrogen-bond donors (Lipinski definition) is 1. The average molecular weight is 261 g/mol. The number of anilines is 1. The summed E-state index contributed by atoms with van der Waals surface area (Å²) in [5, 5.41) is 9.02. The molecule has 0 amide bonds. The van der Waals surface area contributed by atoms with Gasteiger partial charge in [0, 0.05) is 25.3 Å². The van der Waals surface area contributed by atoms with Gasteiger partial charge >= 0.3 is 5.97 Å². The molecule has 5 nitrogen and oxygen atoms in total. The highest BCUT2D eigenvalue weighted by molar-refractivity contribution is 5.88. The van der Waals surface area contributed by atoms with Crippen LogP contribution in [0.15, 0.2) is 18.3 Å². The fourth-order valence-electron chi connectivity index (χ4n) is 3.08. The van der Waals surface area contributed by atoms with E-state index in [-0.39, 0.29) is 0 Å². The normalized spacial score (nSPS) is 24.0. The van der Waals surface area contributed by atoms with Crippen LogP contribution in [-0.4, -0.2) is 53.2 Å². The van der Waals surface area contributed by atoms with Crippen LogP contribution in [0.5, 0.6) is 0 Å². The highest BCUT2D eigenvalue weighted by atomic mass is 16.4. The lowest BCUT2D eigenvalue weighted by molar-refractivity contribution is 0.0697. The molecule has 0 saturated carbocycles. The Morgan fingerprint density at radius 2 is 2.11 bits per heavy atom. The fraction of sp³-hybridized carbons (Fsp3) is 0.571. The molecule has 1 aromatic heterocycles. The molecule has 1 atom stereocenters. The summed E-state index contributed by atoms with van der Waals surface area (Å²) in [6.45, 7) is 4.36. The topological polar surface area (TPSA) is 56.7 Å². The summed E-state index contributed by atoms with van der Waals surface area (Å²) in [4.78, 5) is 20.1. The summed E-state index contributed by atoms with van der Waals surface area (Å²) >= 11 is 0. The third-order valence-corrected chi connectivity index (χ3v) is 4.14. The standard InChI is InChI=1S/C14H19N3O2/c18-14(19)11-3-5-15-13(9-11)17-8-4-12(10-17)16-6-1-2-7-16/h3,5,9,12H,1-2,4,6-8,10H2,(H,18,19). The molecule has 0 bridgehead atoms. The Kier molecular flexibility index (Phi) is 3.38. The Morgan fingerprint density at radius 3 is 2.84 bits per heavy atom. The van der Waals surface area contributed by atoms with Gasteiger partial charge in [0.05, 0.1) is 5.56 Å². The third-order valence-electron chi connectivity index (χ3n) is 4.14. The number of rotatable bonds is 3. The van der Waals surface area contributed by atoms with Crippen molar-refractivity contribution in [2.45, 2.75) is 25.3 Å². The number of hydrogen-bond acceptors (Lipinski definition) is 4. The van der Waals surface area contributed by atoms with E-state index in [0.717, 1.165) is 25.3 Å². The smallest absolute Gasteiger partial charge is 0.335 e. The minimum absolute atomic E-state index is 0.314. The van der Waals surface area contributed by atoms with Crippen molar-refractivity contribution in [3.05, 3.63) is 23.9 Å². The van der Waals surface area contributed by atoms with Crippen molar-refractivity contribution in [1.82, 2.24) is 9.88 Å². The lowest BCUT2D eigenvalue weighted by Gasteiger charge is -2.24. The molecule has 2 aliphatic rings. The summed E-state index contributed by atoms with van der Waals surface area (Å²) < 4.78 is 0. The summed E-state index contributed by atoms with van der Waals surface area (Å²) in [6, 6.07) is 3.83. The number of carbonyl (C=O) groups is 1. The van der Waals surface area contributed by atoms with Gasteiger partial charge < -0.3 is 10.0 Å². The quantitative estimate of drug-likeness (QED) is 0.892. The largest absolute Gasteiger partial charge is 0.478 e. The van der Waals surface area contributed by atoms with Crippen LogP contribution in [0, 0.1) is 0 Å². The van der Waals surface area contributed by atoms with Crippen molar-refractivity contribution in [3.8, 4) is 0 Å². The van der Waals surface area contributed by atoms with E-state index in [2.05, 4.69) is 14.8 Å². The first-order valence-electron chi connectivity index (χ1n) is 6.92. The van der Waals surface area contributed by atoms with Crippen LogP contribution in [0.25, 0.3) is 0 Å². The summed E-state index contributed by atoms with van der Waals surface area (Å²) in [5.41, 5.74) is 0.314. The van der Waals surface area contributed by atoms with Gasteiger partial charge in [-0.1, -0.05) is 0 Å². The molecule has 0 radical (unpaired) electrons. The maximum Gasteiger partial charge on any atom is 0.335 e. The van der Waals surface area contributed by atoms with Crippen molar-refractivity contribution < 1.29 is 9.90 Å². The molecule has 2 saturated heterocycles. The van der Waals surface area contributed by atoms with Crippen LogP contribution in [0.2, 0.25) is 0 Å². The Bertz CT molecular complexity index is 472. The Labute approximate surface area is 112 Å². The Hall–Kier alpha value is -1.62. The second-order valence-electron chi connectivity index (χ2n) is 5.34. The van der Waals surface area contributed by atoms with Gasteiger partial charge in [-0.25, -0.2) is 9.78 Å². The molecular formula is C14H19N3O2. The molecule has 0 spiro atoms. The van der Waals surface area contributed by atoms with Crippen LogP contribution < -0.4 is 4.90 Å². The van der Waals surface area contributed by atoms with E-state index in [0.29, 0.717) is 11.6 Å². The number of pyridine rings is 1. The predicted octanol–water partition coefficient (Wildman–Crippen LogP) is 1.45. The van der Waals surface area contributed by atoms with Gasteiger partial charge in [0.1, 0.15) is 5.82 Å². The average Bonchev–Trinajstić information content (AvgIpc) is 3.09. The number of aromatic carboxylic acids is 1. The SMILES string of the molecule is O=C(O)c1ccnc(N2CCC(N3CCCC3)C2)c1. The van der Waals surface area contributed by atoms with Crippen LogP contribution in [0.1, 0.15) is 29.6 Å². The fourth-order valence-corrected chi connectivity index (χ4v) is 3.08. The molecular weight excluding hydrogens is 242 g/mol. The highest BCUT2D eigenvalue weighted by Crippen LogP contribution is 2.24. The van der Waals surface area contributed by atoms with E-state index in [1.54, 1.807) is 18.3 Å². The van der Waals surface area contributed by atoms with Gasteiger partial charge in [0.15, 0.2) is 0 Å². The number of aromatic nitrogens is 1. The van der Waals surface area contributed by atoms with Gasteiger partial charge in [-0.3, -0.25) is 4.90 Å². The van der Waals surface area contributed by atoms with Crippen molar-refractivity contribution in [1.29, 1.82) is 0 Å². The molecule has 0 aliphatic carbocycles. The van der Waals surface area contributed by atoms with Gasteiger partial charge in [0.2, 0.25) is 0 Å². The molecule has 19 heavy (non-hydrogen) atoms. The van der Waals surface area contributed by atoms with E-state index in [1.807, 2.05) is 0 Å². The van der Waals surface area contributed by atoms with Crippen LogP contribution in [0.4, 0.5) is 5.82 Å². The third kappa shape index (κ3) is 2.56. The number of carboxylic acids is 1. The zero-order chi connectivity index (χ0) is 13.2. The zero-order valence-electron chi connectivity index (χ0n) is 11.0. The van der Waals surface area contributed by atoms with Gasteiger partial charge in [-0.15, -0.1) is 0 Å². The van der Waals surface area contributed by atoms with Crippen molar-refractivity contribution >= 4 is 11.8 Å². The number of likely N-dealkylation sites (tertiary alicyclic amines) is 1. The molecule has 1 aromatic rings. The molecule has 1 N–H and O–H groups in total. The van der Waals surface area contributed by atoms with Crippen molar-refractivity contribution in [2.75, 3.05) is 31.1 Å². The lowest BCUT2D eigenvalue weighted by atomic mass is 10.2. The second kappa shape index (κ2) is 5.17. The molecule has 102 valence electrons. The van der Waals surface area contributed by atoms with Crippen LogP contribution in [-0.2, 0) is 0 Å². The number of carboxylic acid groups (broad SMARTS) is 1. The van der Waals surface area contributed by atoms with Gasteiger partial charge in [-0.2, -0.15) is 0 Å². The van der Waals surface area contributed by atoms with Crippen molar-refractivity contribution in [3.63, 3.8) is 0 Å². The van der Waals surface area contributed by atoms with Crippen molar-refractivity contribution in [2.24, 2.45) is 0 Å². The van der Waals surface area contributed by atoms with E-state index in [4.69, 9.17) is 5.11 Å². The maximum atomic E-state index is 11.0. The van der Waals surface area contributed by atoms with Gasteiger partial charge in [0.25, 0.3) is 0 Å². The Balaban J connectivity index is 1.70. The summed E-state index contributed by atoms with van der Waals surface area (Å²) in [5.74, 6) is -0.0967. The number of nitrogens with zero attached hydrogens (tertiary/aromatic N) is 3. The highest BCUT2D eigenvalue weighted by Gasteiger charge is 2.29. The Morgan fingerprint density at radius 1 is 1.32 bits per heavy atom. The summed E-state index contributed by atoms with van der Waals surface area (Å²) in [7, 11) is 0. The minimum Gasteiger partial charge on any atom is -0.478 e. The first-order chi connectivity index (χ1) is 9.24. The minimum atomic E-state index is -0.890. The van der Waals surface area contributed by atoms with Gasteiger partial charge in [-0.05, 0) is 44.5 Å². The second-order valence-corrected chi connectivity index (χ2v) is 5.34. The molecule has 2 aliphatic heterocycles. The molecule has 0 aromatic carbocycles. The van der Waals surface area contributed by atoms with Crippen LogP contribution in [0.3, 0.4) is 0 Å². The molecule has 1 unspecified atom stereocenters. The van der Waals surface area contributed by atoms with E-state index >= 15 is 0 Å². The molecule has 5 heteroatoms.